The SMILES string of the molecule is OC1(Cc2ccc(F)c(Cl)c2)CCN2CCC1C2. The normalized spacial score (nSPS) is 34.8. The number of piperidine rings is 1. The predicted molar refractivity (Wildman–Crippen MR) is 69.2 cm³/mol. The van der Waals surface area contributed by atoms with Crippen molar-refractivity contribution >= 4 is 11.6 Å². The molecule has 0 saturated carbocycles. The molecule has 0 amide bonds. The molecule has 98 valence electrons. The lowest BCUT2D eigenvalue weighted by Crippen LogP contribution is -2.47. The summed E-state index contributed by atoms with van der Waals surface area (Å²) in [7, 11) is 0. The Morgan fingerprint density at radius 2 is 2.28 bits per heavy atom. The van der Waals surface area contributed by atoms with Crippen LogP contribution in [-0.2, 0) is 6.42 Å². The molecule has 3 atom stereocenters. The zero-order chi connectivity index (χ0) is 12.8. The number of halogens is 2. The van der Waals surface area contributed by atoms with E-state index in [2.05, 4.69) is 4.90 Å². The molecular formula is C14H17ClFNO. The van der Waals surface area contributed by atoms with Crippen LogP contribution in [0.5, 0.6) is 0 Å². The molecule has 3 rings (SSSR count). The van der Waals surface area contributed by atoms with Crippen molar-refractivity contribution in [1.82, 2.24) is 4.90 Å². The Balaban J connectivity index is 1.80. The summed E-state index contributed by atoms with van der Waals surface area (Å²) in [5.41, 5.74) is 0.276. The maximum absolute atomic E-state index is 13.1. The summed E-state index contributed by atoms with van der Waals surface area (Å²) < 4.78 is 13.1. The highest BCUT2D eigenvalue weighted by molar-refractivity contribution is 6.30. The van der Waals surface area contributed by atoms with Gasteiger partial charge in [0.1, 0.15) is 5.82 Å². The van der Waals surface area contributed by atoms with Gasteiger partial charge in [-0.3, -0.25) is 0 Å². The number of hydrogen-bond donors (Lipinski definition) is 1. The van der Waals surface area contributed by atoms with Crippen LogP contribution in [0.3, 0.4) is 0 Å². The van der Waals surface area contributed by atoms with Crippen LogP contribution in [0.1, 0.15) is 18.4 Å². The highest BCUT2D eigenvalue weighted by Crippen LogP contribution is 2.38. The van der Waals surface area contributed by atoms with Crippen LogP contribution in [0.15, 0.2) is 18.2 Å². The maximum Gasteiger partial charge on any atom is 0.141 e. The smallest absolute Gasteiger partial charge is 0.141 e. The minimum absolute atomic E-state index is 0.139. The van der Waals surface area contributed by atoms with E-state index in [0.717, 1.165) is 38.0 Å². The van der Waals surface area contributed by atoms with Gasteiger partial charge in [0.05, 0.1) is 10.6 Å². The highest BCUT2D eigenvalue weighted by Gasteiger charge is 2.44. The lowest BCUT2D eigenvalue weighted by atomic mass is 9.78. The van der Waals surface area contributed by atoms with Gasteiger partial charge in [0.15, 0.2) is 0 Å². The second-order valence-electron chi connectivity index (χ2n) is 5.57. The summed E-state index contributed by atoms with van der Waals surface area (Å²) in [6, 6.07) is 4.74. The largest absolute Gasteiger partial charge is 0.389 e. The zero-order valence-electron chi connectivity index (χ0n) is 10.2. The molecule has 2 bridgehead atoms. The fraction of sp³-hybridized carbons (Fsp3) is 0.571. The Kier molecular flexibility index (Phi) is 3.08. The fourth-order valence-corrected chi connectivity index (χ4v) is 3.47. The van der Waals surface area contributed by atoms with Gasteiger partial charge in [-0.05, 0) is 37.1 Å². The van der Waals surface area contributed by atoms with Gasteiger partial charge in [0.25, 0.3) is 0 Å². The lowest BCUT2D eigenvalue weighted by Gasteiger charge is -2.39. The van der Waals surface area contributed by atoms with Crippen LogP contribution in [0, 0.1) is 11.7 Å². The van der Waals surface area contributed by atoms with Crippen LogP contribution >= 0.6 is 11.6 Å². The van der Waals surface area contributed by atoms with Crippen molar-refractivity contribution < 1.29 is 9.50 Å². The molecule has 4 heteroatoms. The third kappa shape index (κ3) is 2.15. The van der Waals surface area contributed by atoms with Gasteiger partial charge in [-0.2, -0.15) is 0 Å². The summed E-state index contributed by atoms with van der Waals surface area (Å²) in [4.78, 5) is 2.40. The summed E-state index contributed by atoms with van der Waals surface area (Å²) in [5, 5.41) is 10.9. The first kappa shape index (κ1) is 12.4. The van der Waals surface area contributed by atoms with Crippen LogP contribution in [0.25, 0.3) is 0 Å². The van der Waals surface area contributed by atoms with Gasteiger partial charge in [-0.15, -0.1) is 0 Å². The van der Waals surface area contributed by atoms with E-state index in [-0.39, 0.29) is 5.02 Å². The van der Waals surface area contributed by atoms with E-state index in [1.165, 1.54) is 6.07 Å². The predicted octanol–water partition coefficient (Wildman–Crippen LogP) is 2.48. The Bertz CT molecular complexity index is 467. The number of rotatable bonds is 2. The molecule has 0 spiro atoms. The van der Waals surface area contributed by atoms with Gasteiger partial charge in [-0.25, -0.2) is 4.39 Å². The van der Waals surface area contributed by atoms with E-state index in [0.29, 0.717) is 12.3 Å². The van der Waals surface area contributed by atoms with Crippen molar-refractivity contribution in [3.8, 4) is 0 Å². The molecule has 1 aromatic rings. The number of nitrogens with zero attached hydrogens (tertiary/aromatic N) is 1. The average Bonchev–Trinajstić information content (AvgIpc) is 2.75. The van der Waals surface area contributed by atoms with Gasteiger partial charge >= 0.3 is 0 Å². The first-order chi connectivity index (χ1) is 8.57. The van der Waals surface area contributed by atoms with Crippen LogP contribution in [0.2, 0.25) is 5.02 Å². The minimum Gasteiger partial charge on any atom is -0.389 e. The van der Waals surface area contributed by atoms with E-state index in [1.807, 2.05) is 0 Å². The van der Waals surface area contributed by atoms with E-state index in [9.17, 15) is 9.50 Å². The molecule has 2 fully saturated rings. The van der Waals surface area contributed by atoms with Crippen LogP contribution in [-0.4, -0.2) is 35.2 Å². The molecule has 1 N–H and O–H groups in total. The first-order valence-corrected chi connectivity index (χ1v) is 6.83. The molecule has 2 aliphatic heterocycles. The number of fused-ring (bicyclic) bond motifs is 2. The van der Waals surface area contributed by atoms with Crippen LogP contribution < -0.4 is 0 Å². The molecule has 0 aromatic heterocycles. The van der Waals surface area contributed by atoms with E-state index < -0.39 is 11.4 Å². The second kappa shape index (κ2) is 4.48. The number of hydrogen-bond acceptors (Lipinski definition) is 2. The Morgan fingerprint density at radius 3 is 3.06 bits per heavy atom. The van der Waals surface area contributed by atoms with Crippen molar-refractivity contribution in [3.63, 3.8) is 0 Å². The van der Waals surface area contributed by atoms with Gasteiger partial charge in [-0.1, -0.05) is 17.7 Å². The molecule has 18 heavy (non-hydrogen) atoms. The molecule has 2 saturated heterocycles. The molecule has 0 radical (unpaired) electrons. The quantitative estimate of drug-likeness (QED) is 0.892. The highest BCUT2D eigenvalue weighted by atomic mass is 35.5. The summed E-state index contributed by atoms with van der Waals surface area (Å²) >= 11 is 5.79. The fourth-order valence-electron chi connectivity index (χ4n) is 3.27. The minimum atomic E-state index is -0.645. The molecule has 3 unspecified atom stereocenters. The van der Waals surface area contributed by atoms with Crippen molar-refractivity contribution in [3.05, 3.63) is 34.6 Å². The monoisotopic (exact) mass is 269 g/mol. The topological polar surface area (TPSA) is 23.5 Å². The summed E-state index contributed by atoms with van der Waals surface area (Å²) in [6.45, 7) is 3.05. The average molecular weight is 270 g/mol. The van der Waals surface area contributed by atoms with Crippen molar-refractivity contribution in [2.75, 3.05) is 19.6 Å². The van der Waals surface area contributed by atoms with Gasteiger partial charge in [0.2, 0.25) is 0 Å². The maximum atomic E-state index is 13.1. The van der Waals surface area contributed by atoms with Crippen molar-refractivity contribution in [2.45, 2.75) is 24.9 Å². The lowest BCUT2D eigenvalue weighted by molar-refractivity contribution is -0.0439. The van der Waals surface area contributed by atoms with Gasteiger partial charge in [0, 0.05) is 25.4 Å². The summed E-state index contributed by atoms with van der Waals surface area (Å²) in [5.74, 6) is -0.0572. The Hall–Kier alpha value is -0.640. The molecular weight excluding hydrogens is 253 g/mol. The van der Waals surface area contributed by atoms with Crippen molar-refractivity contribution in [1.29, 1.82) is 0 Å². The van der Waals surface area contributed by atoms with E-state index >= 15 is 0 Å². The Labute approximate surface area is 111 Å². The van der Waals surface area contributed by atoms with E-state index in [1.54, 1.807) is 12.1 Å². The number of aliphatic hydroxyl groups is 1. The third-order valence-corrected chi connectivity index (χ3v) is 4.68. The molecule has 2 heterocycles. The molecule has 1 aromatic carbocycles. The first-order valence-electron chi connectivity index (χ1n) is 6.45. The molecule has 2 nitrogen and oxygen atoms in total. The zero-order valence-corrected chi connectivity index (χ0v) is 11.0. The summed E-state index contributed by atoms with van der Waals surface area (Å²) in [6.07, 6.45) is 2.43. The number of benzene rings is 1. The standard InChI is InChI=1S/C14H17ClFNO/c15-12-7-10(1-2-13(12)16)8-14(18)4-6-17-5-3-11(14)9-17/h1-2,7,11,18H,3-6,8-9H2. The van der Waals surface area contributed by atoms with Gasteiger partial charge < -0.3 is 10.0 Å². The second-order valence-corrected chi connectivity index (χ2v) is 5.97. The molecule has 0 aliphatic carbocycles. The third-order valence-electron chi connectivity index (χ3n) is 4.39. The Morgan fingerprint density at radius 1 is 1.44 bits per heavy atom. The van der Waals surface area contributed by atoms with Crippen molar-refractivity contribution in [2.24, 2.45) is 5.92 Å². The van der Waals surface area contributed by atoms with E-state index in [4.69, 9.17) is 11.6 Å². The van der Waals surface area contributed by atoms with Crippen LogP contribution in [0.4, 0.5) is 4.39 Å². The molecule has 2 aliphatic rings.